The average Bonchev–Trinajstić information content (AvgIpc) is 1.96. The summed E-state index contributed by atoms with van der Waals surface area (Å²) in [6.07, 6.45) is 4.68. The largest absolute Gasteiger partial charge is 0.509 e. The van der Waals surface area contributed by atoms with Gasteiger partial charge in [-0.2, -0.15) is 0 Å². The molecule has 0 aliphatic heterocycles. The second kappa shape index (κ2) is 5.18. The van der Waals surface area contributed by atoms with Crippen LogP contribution in [-0.4, -0.2) is 16.2 Å². The number of carboxylic acid groups (broad SMARTS) is 1. The van der Waals surface area contributed by atoms with Crippen LogP contribution in [0.4, 0.5) is 0 Å². The highest BCUT2D eigenvalue weighted by Gasteiger charge is 2.00. The Balaban J connectivity index is 4.31. The lowest BCUT2D eigenvalue weighted by Crippen LogP contribution is -1.97. The minimum atomic E-state index is -0.939. The van der Waals surface area contributed by atoms with Crippen molar-refractivity contribution in [2.24, 2.45) is 0 Å². The van der Waals surface area contributed by atoms with Gasteiger partial charge in [-0.1, -0.05) is 25.7 Å². The Kier molecular flexibility index (Phi) is 4.53. The van der Waals surface area contributed by atoms with E-state index in [1.807, 2.05) is 0 Å². The molecule has 0 rings (SSSR count). The van der Waals surface area contributed by atoms with Crippen LogP contribution in [-0.2, 0) is 4.79 Å². The first-order valence-electron chi connectivity index (χ1n) is 3.56. The maximum Gasteiger partial charge on any atom is 0.331 e. The molecule has 3 nitrogen and oxygen atoms in total. The summed E-state index contributed by atoms with van der Waals surface area (Å²) in [5, 5.41) is 17.2. The summed E-state index contributed by atoms with van der Waals surface area (Å²) in [5.74, 6) is -1.03. The predicted molar refractivity (Wildman–Crippen MR) is 46.9 cm³/mol. The van der Waals surface area contributed by atoms with Gasteiger partial charge in [0.15, 0.2) is 0 Å². The van der Waals surface area contributed by atoms with Crippen molar-refractivity contribution in [1.82, 2.24) is 0 Å². The van der Waals surface area contributed by atoms with E-state index in [1.165, 1.54) is 18.2 Å². The maximum absolute atomic E-state index is 10.4. The van der Waals surface area contributed by atoms with Crippen molar-refractivity contribution < 1.29 is 15.0 Å². The predicted octanol–water partition coefficient (Wildman–Crippen LogP) is 2.04. The van der Waals surface area contributed by atoms with Crippen LogP contribution in [0.15, 0.2) is 36.1 Å². The first-order chi connectivity index (χ1) is 5.57. The molecule has 0 aromatic heterocycles. The molecular formula is C9H12O3. The molecular weight excluding hydrogens is 156 g/mol. The second-order valence-corrected chi connectivity index (χ2v) is 2.20. The van der Waals surface area contributed by atoms with Crippen LogP contribution in [0.2, 0.25) is 0 Å². The average molecular weight is 168 g/mol. The van der Waals surface area contributed by atoms with Gasteiger partial charge >= 0.3 is 5.97 Å². The Morgan fingerprint density at radius 3 is 2.42 bits per heavy atom. The molecule has 0 aliphatic rings. The third kappa shape index (κ3) is 4.33. The lowest BCUT2D eigenvalue weighted by Gasteiger charge is -1.92. The highest BCUT2D eigenvalue weighted by atomic mass is 16.4. The fourth-order valence-corrected chi connectivity index (χ4v) is 0.616. The molecule has 0 saturated heterocycles. The van der Waals surface area contributed by atoms with E-state index in [9.17, 15) is 4.79 Å². The van der Waals surface area contributed by atoms with E-state index >= 15 is 0 Å². The number of aliphatic carboxylic acids is 1. The first-order valence-corrected chi connectivity index (χ1v) is 3.56. The molecule has 0 aliphatic carbocycles. The number of carbonyl (C=O) groups is 1. The van der Waals surface area contributed by atoms with Crippen LogP contribution in [0.1, 0.15) is 13.3 Å². The minimum Gasteiger partial charge on any atom is -0.509 e. The van der Waals surface area contributed by atoms with Crippen LogP contribution < -0.4 is 0 Å². The SMILES string of the molecule is C=C(O)/C=C\C=C(/CC)C(=O)O. The molecule has 0 aromatic carbocycles. The van der Waals surface area contributed by atoms with E-state index in [-0.39, 0.29) is 5.76 Å². The van der Waals surface area contributed by atoms with Gasteiger partial charge in [0.25, 0.3) is 0 Å². The lowest BCUT2D eigenvalue weighted by atomic mass is 10.2. The van der Waals surface area contributed by atoms with Gasteiger partial charge < -0.3 is 10.2 Å². The molecule has 0 atom stereocenters. The number of hydrogen-bond donors (Lipinski definition) is 2. The van der Waals surface area contributed by atoms with Crippen LogP contribution in [0, 0.1) is 0 Å². The number of aliphatic hydroxyl groups is 1. The normalized spacial score (nSPS) is 11.9. The molecule has 0 heterocycles. The monoisotopic (exact) mass is 168 g/mol. The molecule has 0 aromatic rings. The molecule has 0 radical (unpaired) electrons. The summed E-state index contributed by atoms with van der Waals surface area (Å²) in [5.41, 5.74) is 0.299. The third-order valence-electron chi connectivity index (χ3n) is 1.24. The Morgan fingerprint density at radius 1 is 1.50 bits per heavy atom. The van der Waals surface area contributed by atoms with Gasteiger partial charge in [0.1, 0.15) is 5.76 Å². The van der Waals surface area contributed by atoms with Crippen molar-refractivity contribution in [2.45, 2.75) is 13.3 Å². The van der Waals surface area contributed by atoms with Crippen LogP contribution in [0.5, 0.6) is 0 Å². The van der Waals surface area contributed by atoms with Gasteiger partial charge in [0.05, 0.1) is 0 Å². The fraction of sp³-hybridized carbons (Fsp3) is 0.222. The molecule has 12 heavy (non-hydrogen) atoms. The molecule has 0 unspecified atom stereocenters. The standard InChI is InChI=1S/C9H12O3/c1-3-8(9(11)12)6-4-5-7(2)10/h4-6,10H,2-3H2,1H3,(H,11,12)/b5-4-,8-6+. The number of hydrogen-bond acceptors (Lipinski definition) is 2. The Morgan fingerprint density at radius 2 is 2.08 bits per heavy atom. The van der Waals surface area contributed by atoms with Crippen molar-refractivity contribution in [2.75, 3.05) is 0 Å². The zero-order chi connectivity index (χ0) is 9.56. The fourth-order valence-electron chi connectivity index (χ4n) is 0.616. The molecule has 0 spiro atoms. The van der Waals surface area contributed by atoms with E-state index < -0.39 is 5.97 Å². The van der Waals surface area contributed by atoms with Gasteiger partial charge in [-0.25, -0.2) is 4.79 Å². The van der Waals surface area contributed by atoms with Crippen molar-refractivity contribution in [3.05, 3.63) is 36.1 Å². The summed E-state index contributed by atoms with van der Waals surface area (Å²) in [6, 6.07) is 0. The summed E-state index contributed by atoms with van der Waals surface area (Å²) >= 11 is 0. The quantitative estimate of drug-likeness (QED) is 0.383. The molecule has 3 heteroatoms. The summed E-state index contributed by atoms with van der Waals surface area (Å²) in [4.78, 5) is 10.4. The van der Waals surface area contributed by atoms with Gasteiger partial charge in [-0.05, 0) is 12.5 Å². The van der Waals surface area contributed by atoms with Gasteiger partial charge in [-0.3, -0.25) is 0 Å². The lowest BCUT2D eigenvalue weighted by molar-refractivity contribution is -0.132. The Labute approximate surface area is 71.3 Å². The first kappa shape index (κ1) is 10.5. The number of carboxylic acids is 1. The molecule has 0 bridgehead atoms. The van der Waals surface area contributed by atoms with E-state index in [4.69, 9.17) is 10.2 Å². The van der Waals surface area contributed by atoms with E-state index in [2.05, 4.69) is 6.58 Å². The van der Waals surface area contributed by atoms with E-state index in [0.717, 1.165) is 0 Å². The van der Waals surface area contributed by atoms with Crippen molar-refractivity contribution in [1.29, 1.82) is 0 Å². The molecule has 0 amide bonds. The maximum atomic E-state index is 10.4. The number of rotatable bonds is 4. The zero-order valence-electron chi connectivity index (χ0n) is 6.95. The summed E-state index contributed by atoms with van der Waals surface area (Å²) in [6.45, 7) is 4.97. The molecule has 0 saturated carbocycles. The zero-order valence-corrected chi connectivity index (χ0v) is 6.95. The number of aliphatic hydroxyl groups excluding tert-OH is 1. The summed E-state index contributed by atoms with van der Waals surface area (Å²) in [7, 11) is 0. The third-order valence-corrected chi connectivity index (χ3v) is 1.24. The van der Waals surface area contributed by atoms with E-state index in [1.54, 1.807) is 6.92 Å². The number of allylic oxidation sites excluding steroid dienone is 3. The van der Waals surface area contributed by atoms with Crippen LogP contribution in [0.3, 0.4) is 0 Å². The highest BCUT2D eigenvalue weighted by molar-refractivity contribution is 5.86. The van der Waals surface area contributed by atoms with Gasteiger partial charge in [0.2, 0.25) is 0 Å². The minimum absolute atomic E-state index is 0.0907. The Hall–Kier alpha value is -1.51. The van der Waals surface area contributed by atoms with Crippen molar-refractivity contribution in [3.8, 4) is 0 Å². The Bertz CT molecular complexity index is 236. The highest BCUT2D eigenvalue weighted by Crippen LogP contribution is 2.00. The van der Waals surface area contributed by atoms with Crippen LogP contribution >= 0.6 is 0 Å². The van der Waals surface area contributed by atoms with Crippen LogP contribution in [0.25, 0.3) is 0 Å². The molecule has 0 fully saturated rings. The topological polar surface area (TPSA) is 57.5 Å². The molecule has 2 N–H and O–H groups in total. The smallest absolute Gasteiger partial charge is 0.331 e. The second-order valence-electron chi connectivity index (χ2n) is 2.20. The van der Waals surface area contributed by atoms with Crippen molar-refractivity contribution >= 4 is 5.97 Å². The van der Waals surface area contributed by atoms with Gasteiger partial charge in [-0.15, -0.1) is 0 Å². The van der Waals surface area contributed by atoms with E-state index in [0.29, 0.717) is 12.0 Å². The molecule has 66 valence electrons. The van der Waals surface area contributed by atoms with Gasteiger partial charge in [0, 0.05) is 5.57 Å². The summed E-state index contributed by atoms with van der Waals surface area (Å²) < 4.78 is 0. The van der Waals surface area contributed by atoms with Crippen molar-refractivity contribution in [3.63, 3.8) is 0 Å².